The number of aromatic nitrogens is 2. The van der Waals surface area contributed by atoms with Crippen LogP contribution in [0, 0.1) is 12.3 Å². The summed E-state index contributed by atoms with van der Waals surface area (Å²) in [6.07, 6.45) is -1.85. The second-order valence-corrected chi connectivity index (χ2v) is 5.84. The molecule has 2 heterocycles. The number of halogens is 3. The first-order valence-electron chi connectivity index (χ1n) is 7.65. The molecule has 3 atom stereocenters. The van der Waals surface area contributed by atoms with Crippen molar-refractivity contribution < 1.29 is 27.4 Å². The van der Waals surface area contributed by atoms with E-state index in [9.17, 15) is 22.8 Å². The minimum absolute atomic E-state index is 0.0191. The molecule has 2 rings (SSSR count). The van der Waals surface area contributed by atoms with Crippen molar-refractivity contribution in [3.63, 3.8) is 0 Å². The first kappa shape index (κ1) is 20.9. The van der Waals surface area contributed by atoms with E-state index < -0.39 is 41.4 Å². The molecule has 1 fully saturated rings. The highest BCUT2D eigenvalue weighted by atomic mass is 32.1. The maximum Gasteiger partial charge on any atom is 0.423 e. The lowest BCUT2D eigenvalue weighted by Gasteiger charge is -2.19. The van der Waals surface area contributed by atoms with Gasteiger partial charge in [0.15, 0.2) is 0 Å². The van der Waals surface area contributed by atoms with Gasteiger partial charge in [0, 0.05) is 19.7 Å². The molecule has 27 heavy (non-hydrogen) atoms. The van der Waals surface area contributed by atoms with Crippen LogP contribution in [0.2, 0.25) is 0 Å². The molecular formula is C15H16F3N3O5S. The second kappa shape index (κ2) is 8.55. The van der Waals surface area contributed by atoms with Gasteiger partial charge in [0.1, 0.15) is 31.1 Å². The average Bonchev–Trinajstić information content (AvgIpc) is 2.99. The topological polar surface area (TPSA) is 94.6 Å². The van der Waals surface area contributed by atoms with E-state index in [4.69, 9.17) is 32.9 Å². The highest BCUT2D eigenvalue weighted by Gasteiger charge is 2.40. The van der Waals surface area contributed by atoms with Gasteiger partial charge in [0.05, 0.1) is 6.10 Å². The summed E-state index contributed by atoms with van der Waals surface area (Å²) in [4.78, 5) is 25.0. The summed E-state index contributed by atoms with van der Waals surface area (Å²) in [5.41, 5.74) is -4.08. The fourth-order valence-corrected chi connectivity index (χ4v) is 2.55. The number of terminal acetylenes is 1. The van der Waals surface area contributed by atoms with Crippen LogP contribution < -0.4 is 16.6 Å². The minimum Gasteiger partial charge on any atom is -0.468 e. The number of rotatable bonds is 5. The molecule has 8 nitrogen and oxygen atoms in total. The molecule has 0 radical (unpaired) electrons. The summed E-state index contributed by atoms with van der Waals surface area (Å²) in [7, 11) is 1.55. The maximum absolute atomic E-state index is 13.0. The Kier molecular flexibility index (Phi) is 6.63. The van der Waals surface area contributed by atoms with E-state index in [-0.39, 0.29) is 24.8 Å². The second-order valence-electron chi connectivity index (χ2n) is 5.47. The molecule has 1 aromatic rings. The van der Waals surface area contributed by atoms with Gasteiger partial charge in [-0.3, -0.25) is 14.3 Å². The third-order valence-electron chi connectivity index (χ3n) is 3.73. The Morgan fingerprint density at radius 1 is 1.56 bits per heavy atom. The van der Waals surface area contributed by atoms with Crippen molar-refractivity contribution in [1.82, 2.24) is 14.9 Å². The molecule has 1 aliphatic rings. The normalized spacial score (nSPS) is 22.3. The molecule has 0 aliphatic carbocycles. The van der Waals surface area contributed by atoms with Crippen LogP contribution in [-0.4, -0.2) is 47.2 Å². The van der Waals surface area contributed by atoms with E-state index in [2.05, 4.69) is 11.2 Å². The molecule has 0 amide bonds. The first-order chi connectivity index (χ1) is 12.7. The average molecular weight is 407 g/mol. The number of alkyl halides is 3. The van der Waals surface area contributed by atoms with Crippen LogP contribution in [0.4, 0.5) is 13.2 Å². The summed E-state index contributed by atoms with van der Waals surface area (Å²) in [5, 5.41) is 2.67. The van der Waals surface area contributed by atoms with E-state index in [0.717, 1.165) is 0 Å². The van der Waals surface area contributed by atoms with Crippen molar-refractivity contribution in [1.29, 1.82) is 0 Å². The number of aromatic amines is 1. The molecular weight excluding hydrogens is 391 g/mol. The van der Waals surface area contributed by atoms with Crippen LogP contribution in [-0.2, 0) is 20.4 Å². The molecule has 1 aliphatic heterocycles. The van der Waals surface area contributed by atoms with Crippen molar-refractivity contribution in [2.75, 3.05) is 20.3 Å². The summed E-state index contributed by atoms with van der Waals surface area (Å²) in [6.45, 7) is -0.141. The van der Waals surface area contributed by atoms with Crippen molar-refractivity contribution in [3.8, 4) is 12.3 Å². The fraction of sp³-hybridized carbons (Fsp3) is 0.533. The number of H-pyrrole nitrogens is 1. The number of nitrogens with one attached hydrogen (secondary N) is 2. The van der Waals surface area contributed by atoms with Crippen LogP contribution >= 0.6 is 12.2 Å². The van der Waals surface area contributed by atoms with E-state index in [1.807, 2.05) is 0 Å². The standard InChI is InChI=1S/C15H16F3N3O5S/c1-3-4-24-9-5-11(26-10(9)7-25-14(27)19-2)21-6-8(15(16,17)18)12(22)20-13(21)23/h1,6,9-11H,4-5,7H2,2H3,(H,19,27)(H,20,22,23)/t9-,10+,11+/m0/s1. The van der Waals surface area contributed by atoms with Crippen molar-refractivity contribution in [3.05, 3.63) is 32.6 Å². The monoisotopic (exact) mass is 407 g/mol. The van der Waals surface area contributed by atoms with Gasteiger partial charge in [-0.15, -0.1) is 6.42 Å². The molecule has 2 N–H and O–H groups in total. The van der Waals surface area contributed by atoms with Crippen LogP contribution in [0.3, 0.4) is 0 Å². The molecule has 0 bridgehead atoms. The largest absolute Gasteiger partial charge is 0.468 e. The number of ether oxygens (including phenoxy) is 3. The van der Waals surface area contributed by atoms with Gasteiger partial charge >= 0.3 is 11.9 Å². The van der Waals surface area contributed by atoms with Gasteiger partial charge in [-0.2, -0.15) is 13.2 Å². The Morgan fingerprint density at radius 3 is 2.85 bits per heavy atom. The van der Waals surface area contributed by atoms with E-state index in [0.29, 0.717) is 10.8 Å². The molecule has 12 heteroatoms. The van der Waals surface area contributed by atoms with E-state index in [1.165, 1.54) is 0 Å². The number of thiocarbonyl (C=S) groups is 1. The predicted octanol–water partition coefficient (Wildman–Crippen LogP) is 0.382. The molecule has 0 saturated carbocycles. The van der Waals surface area contributed by atoms with E-state index >= 15 is 0 Å². The van der Waals surface area contributed by atoms with Crippen LogP contribution in [0.1, 0.15) is 18.2 Å². The highest BCUT2D eigenvalue weighted by molar-refractivity contribution is 7.80. The first-order valence-corrected chi connectivity index (χ1v) is 8.06. The lowest BCUT2D eigenvalue weighted by Crippen LogP contribution is -2.36. The number of nitrogens with zero attached hydrogens (tertiary/aromatic N) is 1. The quantitative estimate of drug-likeness (QED) is 0.538. The van der Waals surface area contributed by atoms with Crippen molar-refractivity contribution in [2.45, 2.75) is 31.0 Å². The Bertz CT molecular complexity index is 845. The number of hydrogen-bond acceptors (Lipinski definition) is 6. The zero-order chi connectivity index (χ0) is 20.2. The summed E-state index contributed by atoms with van der Waals surface area (Å²) in [6, 6.07) is 0. The van der Waals surface area contributed by atoms with Gasteiger partial charge in [0.2, 0.25) is 0 Å². The zero-order valence-electron chi connectivity index (χ0n) is 14.0. The molecule has 0 unspecified atom stereocenters. The van der Waals surface area contributed by atoms with Gasteiger partial charge in [0.25, 0.3) is 10.7 Å². The molecule has 0 aromatic carbocycles. The fourth-order valence-electron chi connectivity index (χ4n) is 2.48. The molecule has 1 saturated heterocycles. The predicted molar refractivity (Wildman–Crippen MR) is 91.0 cm³/mol. The van der Waals surface area contributed by atoms with Gasteiger partial charge < -0.3 is 19.5 Å². The summed E-state index contributed by atoms with van der Waals surface area (Å²) < 4.78 is 55.8. The molecule has 0 spiro atoms. The Labute approximate surface area is 156 Å². The zero-order valence-corrected chi connectivity index (χ0v) is 14.9. The SMILES string of the molecule is C#CCO[C@H]1C[C@H](n2cc(C(F)(F)F)c(=O)[nH]c2=O)O[C@@H]1COC(=S)NC. The van der Waals surface area contributed by atoms with Gasteiger partial charge in [-0.25, -0.2) is 4.79 Å². The van der Waals surface area contributed by atoms with Crippen LogP contribution in [0.5, 0.6) is 0 Å². The lowest BCUT2D eigenvalue weighted by molar-refractivity contribution is -0.139. The smallest absolute Gasteiger partial charge is 0.423 e. The summed E-state index contributed by atoms with van der Waals surface area (Å²) in [5.74, 6) is 2.27. The third kappa shape index (κ3) is 5.09. The minimum atomic E-state index is -4.93. The van der Waals surface area contributed by atoms with Gasteiger partial charge in [-0.05, 0) is 12.2 Å². The maximum atomic E-state index is 13.0. The Hall–Kier alpha value is -2.36. The van der Waals surface area contributed by atoms with Gasteiger partial charge in [-0.1, -0.05) is 5.92 Å². The Balaban J connectivity index is 2.28. The van der Waals surface area contributed by atoms with Crippen molar-refractivity contribution >= 4 is 17.4 Å². The van der Waals surface area contributed by atoms with E-state index in [1.54, 1.807) is 12.0 Å². The molecule has 148 valence electrons. The third-order valence-corrected chi connectivity index (χ3v) is 4.05. The highest BCUT2D eigenvalue weighted by Crippen LogP contribution is 2.32. The van der Waals surface area contributed by atoms with Crippen molar-refractivity contribution in [2.24, 2.45) is 0 Å². The summed E-state index contributed by atoms with van der Waals surface area (Å²) >= 11 is 4.85. The van der Waals surface area contributed by atoms with Crippen LogP contribution in [0.25, 0.3) is 0 Å². The molecule has 1 aromatic heterocycles. The Morgan fingerprint density at radius 2 is 2.26 bits per heavy atom. The lowest BCUT2D eigenvalue weighted by atomic mass is 10.2. The number of hydrogen-bond donors (Lipinski definition) is 2. The van der Waals surface area contributed by atoms with Crippen LogP contribution in [0.15, 0.2) is 15.8 Å².